The second-order valence-corrected chi connectivity index (χ2v) is 6.41. The lowest BCUT2D eigenvalue weighted by Crippen LogP contribution is -2.19. The van der Waals surface area contributed by atoms with E-state index in [1.54, 1.807) is 18.4 Å². The predicted molar refractivity (Wildman–Crippen MR) is 85.1 cm³/mol. The molecule has 3 nitrogen and oxygen atoms in total. The number of hydrogen-bond acceptors (Lipinski definition) is 4. The fourth-order valence-electron chi connectivity index (χ4n) is 2.14. The molecular weight excluding hydrogens is 292 g/mol. The lowest BCUT2D eigenvalue weighted by Gasteiger charge is -2.18. The monoisotopic (exact) mass is 310 g/mol. The summed E-state index contributed by atoms with van der Waals surface area (Å²) in [6, 6.07) is 5.91. The van der Waals surface area contributed by atoms with Crippen LogP contribution < -0.4 is 10.1 Å². The van der Waals surface area contributed by atoms with Crippen LogP contribution in [0.3, 0.4) is 0 Å². The average molecular weight is 311 g/mol. The zero-order valence-electron chi connectivity index (χ0n) is 12.2. The molecule has 1 aromatic heterocycles. The summed E-state index contributed by atoms with van der Waals surface area (Å²) < 4.78 is 5.43. The molecule has 1 atom stereocenters. The zero-order valence-corrected chi connectivity index (χ0v) is 13.7. The van der Waals surface area contributed by atoms with E-state index >= 15 is 0 Å². The topological polar surface area (TPSA) is 34.2 Å². The Kier molecular flexibility index (Phi) is 5.02. The Morgan fingerprint density at radius 3 is 2.70 bits per heavy atom. The number of methoxy groups -OCH3 is 1. The van der Waals surface area contributed by atoms with Crippen LogP contribution in [0.15, 0.2) is 18.2 Å². The van der Waals surface area contributed by atoms with Crippen LogP contribution in [0.1, 0.15) is 27.2 Å². The lowest BCUT2D eigenvalue weighted by atomic mass is 10.0. The van der Waals surface area contributed by atoms with Crippen molar-refractivity contribution in [2.45, 2.75) is 26.3 Å². The van der Waals surface area contributed by atoms with E-state index in [1.807, 2.05) is 32.2 Å². The molecule has 1 unspecified atom stereocenters. The van der Waals surface area contributed by atoms with E-state index in [2.05, 4.69) is 17.2 Å². The number of aryl methyl sites for hydroxylation is 2. The van der Waals surface area contributed by atoms with E-state index in [-0.39, 0.29) is 6.04 Å². The standard InChI is InChI=1S/C15H19ClN2OS/c1-9-10(2)20-15(18-9)8-13(17-3)12-6-5-11(16)7-14(12)19-4/h5-7,13,17H,8H2,1-4H3. The molecule has 0 aliphatic carbocycles. The quantitative estimate of drug-likeness (QED) is 0.908. The second-order valence-electron chi connectivity index (χ2n) is 4.68. The number of nitrogens with one attached hydrogen (secondary N) is 1. The van der Waals surface area contributed by atoms with Gasteiger partial charge in [0.25, 0.3) is 0 Å². The van der Waals surface area contributed by atoms with Crippen molar-refractivity contribution in [2.24, 2.45) is 0 Å². The van der Waals surface area contributed by atoms with Crippen molar-refractivity contribution in [1.29, 1.82) is 0 Å². The van der Waals surface area contributed by atoms with Gasteiger partial charge in [-0.3, -0.25) is 0 Å². The maximum Gasteiger partial charge on any atom is 0.125 e. The van der Waals surface area contributed by atoms with Crippen LogP contribution >= 0.6 is 22.9 Å². The van der Waals surface area contributed by atoms with Crippen LogP contribution in [0.4, 0.5) is 0 Å². The van der Waals surface area contributed by atoms with Gasteiger partial charge in [-0.1, -0.05) is 17.7 Å². The molecule has 5 heteroatoms. The molecule has 0 bridgehead atoms. The van der Waals surface area contributed by atoms with Crippen molar-refractivity contribution in [1.82, 2.24) is 10.3 Å². The third-order valence-corrected chi connectivity index (χ3v) is 4.70. The number of hydrogen-bond donors (Lipinski definition) is 1. The molecule has 0 spiro atoms. The first kappa shape index (κ1) is 15.3. The minimum atomic E-state index is 0.159. The molecule has 0 saturated heterocycles. The minimum absolute atomic E-state index is 0.159. The van der Waals surface area contributed by atoms with Gasteiger partial charge in [-0.2, -0.15) is 0 Å². The number of nitrogens with zero attached hydrogens (tertiary/aromatic N) is 1. The summed E-state index contributed by atoms with van der Waals surface area (Å²) in [5.41, 5.74) is 2.22. The Labute approximate surface area is 129 Å². The highest BCUT2D eigenvalue weighted by atomic mass is 35.5. The van der Waals surface area contributed by atoms with Gasteiger partial charge in [0.05, 0.1) is 17.8 Å². The Morgan fingerprint density at radius 1 is 1.40 bits per heavy atom. The number of likely N-dealkylation sites (N-methyl/N-ethyl adjacent to an activating group) is 1. The molecule has 108 valence electrons. The van der Waals surface area contributed by atoms with Crippen LogP contribution in [-0.2, 0) is 6.42 Å². The van der Waals surface area contributed by atoms with Crippen LogP contribution in [0.25, 0.3) is 0 Å². The largest absolute Gasteiger partial charge is 0.496 e. The van der Waals surface area contributed by atoms with Gasteiger partial charge in [-0.15, -0.1) is 11.3 Å². The van der Waals surface area contributed by atoms with Gasteiger partial charge in [0.15, 0.2) is 0 Å². The number of rotatable bonds is 5. The molecular formula is C15H19ClN2OS. The number of ether oxygens (including phenoxy) is 1. The summed E-state index contributed by atoms with van der Waals surface area (Å²) in [6.07, 6.45) is 0.841. The highest BCUT2D eigenvalue weighted by molar-refractivity contribution is 7.11. The van der Waals surface area contributed by atoms with Crippen molar-refractivity contribution < 1.29 is 4.74 Å². The Bertz CT molecular complexity index is 578. The number of benzene rings is 1. The first-order valence-electron chi connectivity index (χ1n) is 6.48. The van der Waals surface area contributed by atoms with Crippen molar-refractivity contribution in [3.63, 3.8) is 0 Å². The number of thiazole rings is 1. The third kappa shape index (κ3) is 3.32. The van der Waals surface area contributed by atoms with Gasteiger partial charge in [-0.25, -0.2) is 4.98 Å². The minimum Gasteiger partial charge on any atom is -0.496 e. The molecule has 0 amide bonds. The van der Waals surface area contributed by atoms with Gasteiger partial charge < -0.3 is 10.1 Å². The first-order chi connectivity index (χ1) is 9.55. The van der Waals surface area contributed by atoms with Crippen molar-refractivity contribution in [3.8, 4) is 5.75 Å². The van der Waals surface area contributed by atoms with Gasteiger partial charge in [0, 0.05) is 27.9 Å². The summed E-state index contributed by atoms with van der Waals surface area (Å²) >= 11 is 7.77. The Hall–Kier alpha value is -1.10. The van der Waals surface area contributed by atoms with E-state index in [1.165, 1.54) is 4.88 Å². The fourth-order valence-corrected chi connectivity index (χ4v) is 3.28. The Balaban J connectivity index is 2.28. The third-order valence-electron chi connectivity index (χ3n) is 3.37. The van der Waals surface area contributed by atoms with Crippen LogP contribution in [0.2, 0.25) is 5.02 Å². The Morgan fingerprint density at radius 2 is 2.15 bits per heavy atom. The second kappa shape index (κ2) is 6.57. The molecule has 0 fully saturated rings. The maximum absolute atomic E-state index is 6.02. The fraction of sp³-hybridized carbons (Fsp3) is 0.400. The van der Waals surface area contributed by atoms with Gasteiger partial charge in [-0.05, 0) is 33.0 Å². The lowest BCUT2D eigenvalue weighted by molar-refractivity contribution is 0.401. The van der Waals surface area contributed by atoms with E-state index in [9.17, 15) is 0 Å². The van der Waals surface area contributed by atoms with E-state index in [0.29, 0.717) is 5.02 Å². The summed E-state index contributed by atoms with van der Waals surface area (Å²) in [5, 5.41) is 5.15. The molecule has 1 aromatic carbocycles. The first-order valence-corrected chi connectivity index (χ1v) is 7.68. The van der Waals surface area contributed by atoms with Gasteiger partial charge in [0.1, 0.15) is 5.75 Å². The van der Waals surface area contributed by atoms with Gasteiger partial charge >= 0.3 is 0 Å². The molecule has 0 aliphatic heterocycles. The molecule has 1 heterocycles. The van der Waals surface area contributed by atoms with E-state index in [0.717, 1.165) is 28.4 Å². The summed E-state index contributed by atoms with van der Waals surface area (Å²) in [6.45, 7) is 4.15. The SMILES string of the molecule is CNC(Cc1nc(C)c(C)s1)c1ccc(Cl)cc1OC. The maximum atomic E-state index is 6.02. The summed E-state index contributed by atoms with van der Waals surface area (Å²) in [7, 11) is 3.62. The number of halogens is 1. The normalized spacial score (nSPS) is 12.4. The molecule has 1 N–H and O–H groups in total. The smallest absolute Gasteiger partial charge is 0.125 e. The van der Waals surface area contributed by atoms with Crippen LogP contribution in [-0.4, -0.2) is 19.1 Å². The summed E-state index contributed by atoms with van der Waals surface area (Å²) in [4.78, 5) is 5.88. The molecule has 2 aromatic rings. The van der Waals surface area contributed by atoms with Gasteiger partial charge in [0.2, 0.25) is 0 Å². The molecule has 0 radical (unpaired) electrons. The van der Waals surface area contributed by atoms with Crippen LogP contribution in [0.5, 0.6) is 5.75 Å². The highest BCUT2D eigenvalue weighted by Crippen LogP contribution is 2.31. The molecule has 0 saturated carbocycles. The van der Waals surface area contributed by atoms with E-state index in [4.69, 9.17) is 16.3 Å². The highest BCUT2D eigenvalue weighted by Gasteiger charge is 2.17. The predicted octanol–water partition coefficient (Wildman–Crippen LogP) is 3.93. The molecule has 2 rings (SSSR count). The van der Waals surface area contributed by atoms with Crippen molar-refractivity contribution in [3.05, 3.63) is 44.4 Å². The number of aromatic nitrogens is 1. The zero-order chi connectivity index (χ0) is 14.7. The summed E-state index contributed by atoms with van der Waals surface area (Å²) in [5.74, 6) is 0.807. The van der Waals surface area contributed by atoms with E-state index < -0.39 is 0 Å². The molecule has 20 heavy (non-hydrogen) atoms. The average Bonchev–Trinajstić information content (AvgIpc) is 2.75. The molecule has 0 aliphatic rings. The van der Waals surface area contributed by atoms with Crippen molar-refractivity contribution in [2.75, 3.05) is 14.2 Å². The van der Waals surface area contributed by atoms with Crippen LogP contribution in [0, 0.1) is 13.8 Å². The van der Waals surface area contributed by atoms with Crippen molar-refractivity contribution >= 4 is 22.9 Å².